The summed E-state index contributed by atoms with van der Waals surface area (Å²) in [6, 6.07) is 7.86. The van der Waals surface area contributed by atoms with Crippen LogP contribution in [0.25, 0.3) is 11.3 Å². The highest BCUT2D eigenvalue weighted by Crippen LogP contribution is 2.46. The van der Waals surface area contributed by atoms with Crippen LogP contribution in [0.4, 0.5) is 0 Å². The van der Waals surface area contributed by atoms with Gasteiger partial charge in [-0.25, -0.2) is 9.97 Å². The van der Waals surface area contributed by atoms with Crippen molar-refractivity contribution in [3.63, 3.8) is 0 Å². The van der Waals surface area contributed by atoms with Gasteiger partial charge in [-0.1, -0.05) is 24.3 Å². The van der Waals surface area contributed by atoms with Crippen LogP contribution in [-0.2, 0) is 5.60 Å². The van der Waals surface area contributed by atoms with Crippen LogP contribution < -0.4 is 0 Å². The molecule has 5 heteroatoms. The van der Waals surface area contributed by atoms with Gasteiger partial charge in [-0.05, 0) is 12.5 Å². The Morgan fingerprint density at radius 3 is 3.00 bits per heavy atom. The molecule has 20 heavy (non-hydrogen) atoms. The zero-order chi connectivity index (χ0) is 13.7. The lowest BCUT2D eigenvalue weighted by atomic mass is 9.89. The standard InChI is InChI=1S/C15H14N4O/c1-15(20,14-17-6-7-18-14)13-11-5-3-2-4-10(11)12-8-16-9-19(12)13/h2-9,13,20H,1H3,(H,17,18)/t13-,15?/m1/s1. The van der Waals surface area contributed by atoms with Crippen molar-refractivity contribution in [3.8, 4) is 11.3 Å². The van der Waals surface area contributed by atoms with E-state index in [0.29, 0.717) is 5.82 Å². The van der Waals surface area contributed by atoms with Gasteiger partial charge in [0.25, 0.3) is 0 Å². The van der Waals surface area contributed by atoms with Crippen LogP contribution in [-0.4, -0.2) is 24.6 Å². The van der Waals surface area contributed by atoms with Gasteiger partial charge >= 0.3 is 0 Å². The summed E-state index contributed by atoms with van der Waals surface area (Å²) in [6.07, 6.45) is 6.97. The minimum atomic E-state index is -1.13. The number of benzene rings is 1. The third-order valence-corrected chi connectivity index (χ3v) is 3.99. The van der Waals surface area contributed by atoms with E-state index >= 15 is 0 Å². The van der Waals surface area contributed by atoms with Gasteiger partial charge in [0.05, 0.1) is 24.3 Å². The van der Waals surface area contributed by atoms with Gasteiger partial charge < -0.3 is 14.7 Å². The normalized spacial score (nSPS) is 19.4. The maximum atomic E-state index is 11.0. The molecule has 2 atom stereocenters. The number of nitrogens with one attached hydrogen (secondary N) is 1. The first kappa shape index (κ1) is 11.4. The van der Waals surface area contributed by atoms with Crippen LogP contribution in [0.3, 0.4) is 0 Å². The lowest BCUT2D eigenvalue weighted by molar-refractivity contribution is 0.0106. The maximum absolute atomic E-state index is 11.0. The smallest absolute Gasteiger partial charge is 0.144 e. The molecule has 1 aliphatic heterocycles. The van der Waals surface area contributed by atoms with Crippen molar-refractivity contribution >= 4 is 0 Å². The number of fused-ring (bicyclic) bond motifs is 3. The third-order valence-electron chi connectivity index (χ3n) is 3.99. The summed E-state index contributed by atoms with van der Waals surface area (Å²) >= 11 is 0. The quantitative estimate of drug-likeness (QED) is 0.746. The minimum Gasteiger partial charge on any atom is -0.380 e. The number of aliphatic hydroxyl groups is 1. The summed E-state index contributed by atoms with van der Waals surface area (Å²) in [7, 11) is 0. The molecular weight excluding hydrogens is 252 g/mol. The second-order valence-corrected chi connectivity index (χ2v) is 5.26. The fraction of sp³-hybridized carbons (Fsp3) is 0.200. The number of rotatable bonds is 2. The summed E-state index contributed by atoms with van der Waals surface area (Å²) < 4.78 is 2.01. The Labute approximate surface area is 115 Å². The molecule has 0 bridgehead atoms. The average Bonchev–Trinajstić information content (AvgIpc) is 3.15. The maximum Gasteiger partial charge on any atom is 0.144 e. The molecule has 0 aliphatic carbocycles. The van der Waals surface area contributed by atoms with Crippen LogP contribution >= 0.6 is 0 Å². The Morgan fingerprint density at radius 1 is 1.35 bits per heavy atom. The van der Waals surface area contributed by atoms with Gasteiger partial charge in [0, 0.05) is 18.0 Å². The van der Waals surface area contributed by atoms with E-state index in [4.69, 9.17) is 0 Å². The van der Waals surface area contributed by atoms with E-state index in [1.807, 2.05) is 29.0 Å². The molecule has 2 N–H and O–H groups in total. The molecule has 0 saturated carbocycles. The van der Waals surface area contributed by atoms with Gasteiger partial charge in [0.15, 0.2) is 0 Å². The predicted octanol–water partition coefficient (Wildman–Crippen LogP) is 2.08. The van der Waals surface area contributed by atoms with E-state index in [9.17, 15) is 5.11 Å². The molecule has 0 amide bonds. The highest BCUT2D eigenvalue weighted by atomic mass is 16.3. The Morgan fingerprint density at radius 2 is 2.20 bits per heavy atom. The molecule has 0 spiro atoms. The van der Waals surface area contributed by atoms with Crippen molar-refractivity contribution in [3.05, 3.63) is 60.6 Å². The molecular formula is C15H14N4O. The number of aromatic nitrogens is 4. The van der Waals surface area contributed by atoms with Crippen molar-refractivity contribution in [2.75, 3.05) is 0 Å². The van der Waals surface area contributed by atoms with E-state index in [0.717, 1.165) is 16.8 Å². The second kappa shape index (κ2) is 3.80. The average molecular weight is 266 g/mol. The van der Waals surface area contributed by atoms with Crippen molar-refractivity contribution in [1.29, 1.82) is 0 Å². The summed E-state index contributed by atoms with van der Waals surface area (Å²) in [4.78, 5) is 11.4. The Kier molecular flexibility index (Phi) is 2.17. The Hall–Kier alpha value is -2.40. The first-order chi connectivity index (χ1) is 9.69. The summed E-state index contributed by atoms with van der Waals surface area (Å²) in [6.45, 7) is 1.78. The van der Waals surface area contributed by atoms with Crippen LogP contribution in [0.15, 0.2) is 49.2 Å². The van der Waals surface area contributed by atoms with Crippen molar-refractivity contribution in [2.24, 2.45) is 0 Å². The largest absolute Gasteiger partial charge is 0.380 e. The summed E-state index contributed by atoms with van der Waals surface area (Å²) in [5, 5.41) is 11.0. The fourth-order valence-corrected chi connectivity index (χ4v) is 3.08. The molecule has 5 nitrogen and oxygen atoms in total. The molecule has 4 rings (SSSR count). The molecule has 0 radical (unpaired) electrons. The molecule has 100 valence electrons. The zero-order valence-electron chi connectivity index (χ0n) is 11.0. The first-order valence-corrected chi connectivity index (χ1v) is 6.53. The van der Waals surface area contributed by atoms with Crippen LogP contribution in [0.5, 0.6) is 0 Å². The van der Waals surface area contributed by atoms with E-state index in [-0.39, 0.29) is 6.04 Å². The van der Waals surface area contributed by atoms with Gasteiger partial charge in [0.2, 0.25) is 0 Å². The van der Waals surface area contributed by atoms with Crippen LogP contribution in [0, 0.1) is 0 Å². The molecule has 3 aromatic rings. The van der Waals surface area contributed by atoms with Crippen LogP contribution in [0.1, 0.15) is 24.4 Å². The third kappa shape index (κ3) is 1.35. The number of imidazole rings is 2. The highest BCUT2D eigenvalue weighted by molar-refractivity contribution is 5.69. The summed E-state index contributed by atoms with van der Waals surface area (Å²) in [5.74, 6) is 0.554. The molecule has 0 saturated heterocycles. The highest BCUT2D eigenvalue weighted by Gasteiger charge is 2.43. The number of hydrogen-bond donors (Lipinski definition) is 2. The van der Waals surface area contributed by atoms with E-state index < -0.39 is 5.60 Å². The molecule has 3 heterocycles. The molecule has 1 unspecified atom stereocenters. The van der Waals surface area contributed by atoms with Crippen molar-refractivity contribution in [2.45, 2.75) is 18.6 Å². The summed E-state index contributed by atoms with van der Waals surface area (Å²) in [5.41, 5.74) is 2.09. The second-order valence-electron chi connectivity index (χ2n) is 5.26. The van der Waals surface area contributed by atoms with Gasteiger partial charge in [-0.2, -0.15) is 0 Å². The SMILES string of the molecule is CC(O)(c1ncc[nH]1)[C@H]1c2ccccc2-c2cncn21. The fourth-order valence-electron chi connectivity index (χ4n) is 3.08. The van der Waals surface area contributed by atoms with Crippen molar-refractivity contribution in [1.82, 2.24) is 19.5 Å². The number of aromatic amines is 1. The lowest BCUT2D eigenvalue weighted by Gasteiger charge is -2.30. The lowest BCUT2D eigenvalue weighted by Crippen LogP contribution is -2.34. The van der Waals surface area contributed by atoms with E-state index in [1.165, 1.54) is 0 Å². The first-order valence-electron chi connectivity index (χ1n) is 6.53. The van der Waals surface area contributed by atoms with Gasteiger partial charge in [0.1, 0.15) is 11.4 Å². The number of H-pyrrole nitrogens is 1. The van der Waals surface area contributed by atoms with E-state index in [1.54, 1.807) is 25.6 Å². The molecule has 1 aromatic carbocycles. The topological polar surface area (TPSA) is 66.7 Å². The van der Waals surface area contributed by atoms with E-state index in [2.05, 4.69) is 21.0 Å². The van der Waals surface area contributed by atoms with Crippen LogP contribution in [0.2, 0.25) is 0 Å². The van der Waals surface area contributed by atoms with Gasteiger partial charge in [-0.3, -0.25) is 0 Å². The Balaban J connectivity index is 1.95. The number of hydrogen-bond acceptors (Lipinski definition) is 3. The number of nitrogens with zero attached hydrogens (tertiary/aromatic N) is 3. The molecule has 0 fully saturated rings. The van der Waals surface area contributed by atoms with Crippen molar-refractivity contribution < 1.29 is 5.11 Å². The predicted molar refractivity (Wildman–Crippen MR) is 74.0 cm³/mol. The van der Waals surface area contributed by atoms with Gasteiger partial charge in [-0.15, -0.1) is 0 Å². The minimum absolute atomic E-state index is 0.234. The molecule has 1 aliphatic rings. The molecule has 2 aromatic heterocycles. The zero-order valence-corrected chi connectivity index (χ0v) is 11.0. The Bertz CT molecular complexity index is 758. The monoisotopic (exact) mass is 266 g/mol.